The van der Waals surface area contributed by atoms with E-state index in [-0.39, 0.29) is 31.3 Å². The van der Waals surface area contributed by atoms with E-state index in [1.54, 1.807) is 39.3 Å². The van der Waals surface area contributed by atoms with Crippen molar-refractivity contribution in [1.82, 2.24) is 9.88 Å². The highest BCUT2D eigenvalue weighted by molar-refractivity contribution is 5.89. The second-order valence-electron chi connectivity index (χ2n) is 16.3. The lowest BCUT2D eigenvalue weighted by molar-refractivity contribution is -0.302. The van der Waals surface area contributed by atoms with E-state index >= 15 is 0 Å². The predicted octanol–water partition coefficient (Wildman–Crippen LogP) is 4.74. The molecule has 3 aliphatic rings. The minimum atomic E-state index is -1.38. The van der Waals surface area contributed by atoms with Gasteiger partial charge in [0.25, 0.3) is 0 Å². The van der Waals surface area contributed by atoms with Gasteiger partial charge in [-0.3, -0.25) is 9.78 Å². The van der Waals surface area contributed by atoms with E-state index in [0.29, 0.717) is 36.2 Å². The summed E-state index contributed by atoms with van der Waals surface area (Å²) in [7, 11) is 5.40. The number of aliphatic hydroxyl groups excluding tert-OH is 1. The molecule has 1 aromatic rings. The van der Waals surface area contributed by atoms with Crippen molar-refractivity contribution in [2.75, 3.05) is 40.2 Å². The van der Waals surface area contributed by atoms with Crippen LogP contribution in [0.2, 0.25) is 0 Å². The van der Waals surface area contributed by atoms with Gasteiger partial charge in [-0.1, -0.05) is 57.3 Å². The SMILES string of the molecule is C=CCO/N=C1\[C@H](C)C[C@@](C)(OC)[C@H](O[C@@H]2O[C@H](C)C[C@H](N(C)C)[C@H]2O)[C@@H](C)[C@H](OCC#Cc2cncc(N)c2)[C@@H](C)C(=O)O[C@H](CC)[C@@]2(C)OC(=O)O[C@@H]2[C@H]1C. The van der Waals surface area contributed by atoms with Crippen molar-refractivity contribution >= 4 is 23.5 Å². The van der Waals surface area contributed by atoms with Gasteiger partial charge in [0, 0.05) is 48.9 Å². The molecule has 0 aromatic carbocycles. The molecule has 3 fully saturated rings. The Morgan fingerprint density at radius 3 is 2.49 bits per heavy atom. The number of carbonyl (C=O) groups excluding carboxylic acids is 2. The summed E-state index contributed by atoms with van der Waals surface area (Å²) in [5.74, 6) is 3.01. The number of hydrogen-bond acceptors (Lipinski definition) is 15. The zero-order valence-electron chi connectivity index (χ0n) is 35.4. The van der Waals surface area contributed by atoms with Crippen LogP contribution in [-0.2, 0) is 42.8 Å². The molecule has 15 nitrogen and oxygen atoms in total. The second-order valence-corrected chi connectivity index (χ2v) is 16.3. The van der Waals surface area contributed by atoms with Crippen molar-refractivity contribution in [1.29, 1.82) is 0 Å². The number of fused-ring (bicyclic) bond motifs is 1. The number of carbonyl (C=O) groups is 2. The third-order valence-electron chi connectivity index (χ3n) is 11.7. The molecule has 57 heavy (non-hydrogen) atoms. The third-order valence-corrected chi connectivity index (χ3v) is 11.7. The molecule has 4 heterocycles. The maximum atomic E-state index is 14.4. The number of aliphatic hydroxyl groups is 1. The molecule has 3 N–H and O–H groups in total. The van der Waals surface area contributed by atoms with Gasteiger partial charge in [0.1, 0.15) is 25.4 Å². The van der Waals surface area contributed by atoms with Gasteiger partial charge in [-0.25, -0.2) is 4.79 Å². The Bertz CT molecular complexity index is 1630. The Hall–Kier alpha value is -3.78. The molecule has 1 aromatic heterocycles. The van der Waals surface area contributed by atoms with E-state index in [2.05, 4.69) is 28.6 Å². The number of rotatable bonds is 10. The number of esters is 1. The highest BCUT2D eigenvalue weighted by Gasteiger charge is 2.59. The minimum absolute atomic E-state index is 0.0754. The Morgan fingerprint density at radius 1 is 1.14 bits per heavy atom. The average molecular weight is 801 g/mol. The molecule has 0 saturated carbocycles. The number of oxime groups is 1. The number of methoxy groups -OCH3 is 1. The zero-order valence-corrected chi connectivity index (χ0v) is 35.4. The summed E-state index contributed by atoms with van der Waals surface area (Å²) < 4.78 is 44.2. The van der Waals surface area contributed by atoms with Gasteiger partial charge in [0.15, 0.2) is 18.0 Å². The first kappa shape index (κ1) is 45.9. The molecule has 3 aliphatic heterocycles. The van der Waals surface area contributed by atoms with E-state index in [1.807, 2.05) is 60.5 Å². The fourth-order valence-electron chi connectivity index (χ4n) is 8.64. The van der Waals surface area contributed by atoms with E-state index in [0.717, 1.165) is 0 Å². The number of nitrogen functional groups attached to an aromatic ring is 1. The fraction of sp³-hybridized carbons (Fsp3) is 0.714. The minimum Gasteiger partial charge on any atom is -0.458 e. The quantitative estimate of drug-likeness (QED) is 0.109. The standard InChI is InChI=1S/C42H64N4O11/c1-13-17-52-45-33-24(3)21-41(8,50-12)36(55-39-34(47)31(46(10)11)19-25(4)53-39)27(6)35(51-18-15-16-29-20-30(43)23-44-22-29)28(7)38(48)54-32(14-2)42(9)37(26(33)5)56-40(49)57-42/h13,20,22-28,31-32,34-37,39,47H,1,14,17-19,21,43H2,2-12H3/b45-33+/t24-,25-,26+,27+,28-,31+,32-,34-,35+,36-,37-,39+,41-,42-/m1/s1. The average Bonchev–Trinajstić information content (AvgIpc) is 3.48. The van der Waals surface area contributed by atoms with E-state index in [1.165, 1.54) is 6.20 Å². The molecule has 0 radical (unpaired) electrons. The molecule has 0 amide bonds. The molecule has 0 spiro atoms. The molecule has 0 aliphatic carbocycles. The first-order chi connectivity index (χ1) is 26.9. The fourth-order valence-corrected chi connectivity index (χ4v) is 8.64. The van der Waals surface area contributed by atoms with E-state index < -0.39 is 77.9 Å². The lowest BCUT2D eigenvalue weighted by atomic mass is 9.73. The number of hydrogen-bond donors (Lipinski definition) is 2. The van der Waals surface area contributed by atoms with Gasteiger partial charge in [-0.05, 0) is 67.1 Å². The van der Waals surface area contributed by atoms with Gasteiger partial charge in [-0.15, -0.1) is 0 Å². The lowest BCUT2D eigenvalue weighted by Crippen LogP contribution is -2.60. The van der Waals surface area contributed by atoms with Crippen LogP contribution in [0.25, 0.3) is 0 Å². The predicted molar refractivity (Wildman–Crippen MR) is 213 cm³/mol. The monoisotopic (exact) mass is 800 g/mol. The number of ether oxygens (including phenoxy) is 7. The molecule has 3 saturated heterocycles. The molecular formula is C42H64N4O11. The first-order valence-electron chi connectivity index (χ1n) is 19.8. The summed E-state index contributed by atoms with van der Waals surface area (Å²) >= 11 is 0. The molecular weight excluding hydrogens is 736 g/mol. The third kappa shape index (κ3) is 10.6. The Labute approximate surface area is 337 Å². The maximum absolute atomic E-state index is 14.4. The molecule has 0 unspecified atom stereocenters. The van der Waals surface area contributed by atoms with Crippen LogP contribution in [0.4, 0.5) is 10.5 Å². The van der Waals surface area contributed by atoms with Gasteiger partial charge in [-0.2, -0.15) is 0 Å². The van der Waals surface area contributed by atoms with Crippen molar-refractivity contribution in [3.63, 3.8) is 0 Å². The van der Waals surface area contributed by atoms with Crippen LogP contribution < -0.4 is 5.73 Å². The van der Waals surface area contributed by atoms with Crippen molar-refractivity contribution in [2.45, 2.75) is 135 Å². The number of cyclic esters (lactones) is 1. The van der Waals surface area contributed by atoms with E-state index in [9.17, 15) is 14.7 Å². The first-order valence-corrected chi connectivity index (χ1v) is 19.8. The molecule has 15 heteroatoms. The normalized spacial score (nSPS) is 38.5. The maximum Gasteiger partial charge on any atom is 0.509 e. The summed E-state index contributed by atoms with van der Waals surface area (Å²) in [6, 6.07) is 1.45. The highest BCUT2D eigenvalue weighted by Crippen LogP contribution is 2.43. The molecule has 318 valence electrons. The van der Waals surface area contributed by atoms with Gasteiger partial charge < -0.3 is 53.7 Å². The molecule has 4 rings (SSSR count). The topological polar surface area (TPSA) is 183 Å². The van der Waals surface area contributed by atoms with Crippen molar-refractivity contribution in [3.8, 4) is 11.8 Å². The molecule has 14 atom stereocenters. The van der Waals surface area contributed by atoms with Crippen molar-refractivity contribution in [2.24, 2.45) is 28.8 Å². The van der Waals surface area contributed by atoms with Crippen LogP contribution in [0.1, 0.15) is 80.2 Å². The smallest absolute Gasteiger partial charge is 0.458 e. The van der Waals surface area contributed by atoms with Crippen molar-refractivity contribution < 1.29 is 52.7 Å². The number of aromatic nitrogens is 1. The van der Waals surface area contributed by atoms with Gasteiger partial charge >= 0.3 is 12.1 Å². The summed E-state index contributed by atoms with van der Waals surface area (Å²) in [5, 5.41) is 16.3. The van der Waals surface area contributed by atoms with Crippen molar-refractivity contribution in [3.05, 3.63) is 36.7 Å². The second kappa shape index (κ2) is 19.8. The highest BCUT2D eigenvalue weighted by atomic mass is 16.8. The number of nitrogens with two attached hydrogens (primary N) is 1. The van der Waals surface area contributed by atoms with Gasteiger partial charge in [0.05, 0.1) is 41.2 Å². The Morgan fingerprint density at radius 2 is 1.86 bits per heavy atom. The number of likely N-dealkylation sites (N-methyl/N-ethyl adjacent to an activating group) is 1. The van der Waals surface area contributed by atoms with E-state index in [4.69, 9.17) is 43.7 Å². The van der Waals surface area contributed by atoms with Crippen LogP contribution in [-0.4, -0.2) is 127 Å². The number of pyridine rings is 1. The summed E-state index contributed by atoms with van der Waals surface area (Å²) in [6.45, 7) is 18.7. The zero-order chi connectivity index (χ0) is 42.2. The lowest BCUT2D eigenvalue weighted by Gasteiger charge is -2.48. The van der Waals surface area contributed by atoms with Crippen LogP contribution in [0.15, 0.2) is 36.3 Å². The number of nitrogens with zero attached hydrogens (tertiary/aromatic N) is 3. The molecule has 0 bridgehead atoms. The van der Waals surface area contributed by atoms with Crippen LogP contribution in [0, 0.1) is 35.5 Å². The summed E-state index contributed by atoms with van der Waals surface area (Å²) in [4.78, 5) is 39.1. The largest absolute Gasteiger partial charge is 0.509 e. The Kier molecular flexibility index (Phi) is 15.9. The summed E-state index contributed by atoms with van der Waals surface area (Å²) in [5.41, 5.74) is 5.03. The number of anilines is 1. The van der Waals surface area contributed by atoms with Crippen LogP contribution >= 0.6 is 0 Å². The van der Waals surface area contributed by atoms with Gasteiger partial charge in [0.2, 0.25) is 0 Å². The Balaban J connectivity index is 1.88. The summed E-state index contributed by atoms with van der Waals surface area (Å²) in [6.07, 6.45) is -0.824. The van der Waals surface area contributed by atoms with Crippen LogP contribution in [0.5, 0.6) is 0 Å². The van der Waals surface area contributed by atoms with Crippen LogP contribution in [0.3, 0.4) is 0 Å².